The summed E-state index contributed by atoms with van der Waals surface area (Å²) >= 11 is 0. The second-order valence-corrected chi connectivity index (χ2v) is 19.1. The van der Waals surface area contributed by atoms with Gasteiger partial charge in [0.2, 0.25) is 0 Å². The largest absolute Gasteiger partial charge is 0.309 e. The van der Waals surface area contributed by atoms with E-state index in [2.05, 4.69) is 249 Å². The van der Waals surface area contributed by atoms with Crippen molar-refractivity contribution in [3.8, 4) is 44.5 Å². The van der Waals surface area contributed by atoms with Crippen LogP contribution in [0.5, 0.6) is 0 Å². The summed E-state index contributed by atoms with van der Waals surface area (Å²) in [6.45, 7) is 20.8. The van der Waals surface area contributed by atoms with Crippen molar-refractivity contribution in [2.75, 3.05) is 4.90 Å². The van der Waals surface area contributed by atoms with E-state index in [0.717, 1.165) is 17.1 Å². The summed E-state index contributed by atoms with van der Waals surface area (Å²) in [6.07, 6.45) is 0. The fourth-order valence-electron chi connectivity index (χ4n) is 8.24. The Balaban J connectivity index is 1.42. The van der Waals surface area contributed by atoms with Crippen LogP contribution < -0.4 is 4.90 Å². The fourth-order valence-corrected chi connectivity index (χ4v) is 8.24. The SMILES string of the molecule is CC(C)(C)c1cc(-c2cccc3cccc(-c4ccccc4N(c4ccc(-c5ccccc5)cc4)c4cc(C(C)(C)C)ccc4-c4ccccc4)c23)cc(C(C)(C)C)c1. The van der Waals surface area contributed by atoms with Crippen LogP contribution in [0.15, 0.2) is 182 Å². The van der Waals surface area contributed by atoms with E-state index < -0.39 is 0 Å². The average molecular weight is 768 g/mol. The molecule has 8 aromatic carbocycles. The van der Waals surface area contributed by atoms with E-state index >= 15 is 0 Å². The summed E-state index contributed by atoms with van der Waals surface area (Å²) in [4.78, 5) is 2.50. The molecule has 0 aliphatic carbocycles. The van der Waals surface area contributed by atoms with Gasteiger partial charge >= 0.3 is 0 Å². The van der Waals surface area contributed by atoms with Crippen LogP contribution in [0.3, 0.4) is 0 Å². The molecule has 0 aliphatic heterocycles. The maximum Gasteiger partial charge on any atom is 0.0543 e. The molecule has 0 radical (unpaired) electrons. The van der Waals surface area contributed by atoms with Gasteiger partial charge < -0.3 is 4.90 Å². The molecule has 0 fully saturated rings. The summed E-state index contributed by atoms with van der Waals surface area (Å²) in [6, 6.07) is 67.6. The molecule has 8 aromatic rings. The third-order valence-corrected chi connectivity index (χ3v) is 11.7. The predicted octanol–water partition coefficient (Wildman–Crippen LogP) is 16.9. The maximum atomic E-state index is 2.50. The Labute approximate surface area is 353 Å². The van der Waals surface area contributed by atoms with E-state index in [9.17, 15) is 0 Å². The van der Waals surface area contributed by atoms with E-state index in [0.29, 0.717) is 0 Å². The van der Waals surface area contributed by atoms with Gasteiger partial charge in [-0.25, -0.2) is 0 Å². The number of hydrogen-bond donors (Lipinski definition) is 0. The molecule has 0 N–H and O–H groups in total. The first-order valence-corrected chi connectivity index (χ1v) is 21.1. The number of rotatable bonds is 7. The first-order valence-electron chi connectivity index (χ1n) is 21.1. The second-order valence-electron chi connectivity index (χ2n) is 19.1. The molecule has 0 unspecified atom stereocenters. The monoisotopic (exact) mass is 767 g/mol. The van der Waals surface area contributed by atoms with Gasteiger partial charge in [0.05, 0.1) is 11.4 Å². The molecule has 0 aromatic heterocycles. The van der Waals surface area contributed by atoms with Crippen molar-refractivity contribution in [3.05, 3.63) is 199 Å². The molecule has 0 bridgehead atoms. The minimum atomic E-state index is -0.0512. The highest BCUT2D eigenvalue weighted by atomic mass is 15.1. The Kier molecular flexibility index (Phi) is 10.4. The highest BCUT2D eigenvalue weighted by Gasteiger charge is 2.26. The molecule has 0 spiro atoms. The van der Waals surface area contributed by atoms with E-state index in [1.54, 1.807) is 0 Å². The zero-order valence-corrected chi connectivity index (χ0v) is 36.3. The molecule has 1 heteroatoms. The van der Waals surface area contributed by atoms with Crippen LogP contribution in [0.1, 0.15) is 79.0 Å². The number of fused-ring (bicyclic) bond motifs is 1. The van der Waals surface area contributed by atoms with Crippen LogP contribution in [0.2, 0.25) is 0 Å². The zero-order chi connectivity index (χ0) is 41.5. The van der Waals surface area contributed by atoms with Crippen LogP contribution in [0, 0.1) is 0 Å². The van der Waals surface area contributed by atoms with Crippen molar-refractivity contribution in [1.29, 1.82) is 0 Å². The van der Waals surface area contributed by atoms with Crippen molar-refractivity contribution in [2.24, 2.45) is 0 Å². The fraction of sp³-hybridized carbons (Fsp3) is 0.207. The molecule has 0 atom stereocenters. The van der Waals surface area contributed by atoms with Gasteiger partial charge in [-0.1, -0.05) is 220 Å². The standard InChI is InChI=1S/C58H57N/c1-56(2,3)45-32-35-49(42-22-14-11-15-23-42)54(39-45)59(48-33-30-41(31-34-48)40-20-12-10-13-21-40)53-29-17-16-26-51(53)52-28-19-25-43-24-18-27-50(55(43)52)44-36-46(57(4,5)6)38-47(37-44)58(7,8)9/h10-39H,1-9H3. The molecule has 0 aliphatic rings. The van der Waals surface area contributed by atoms with Crippen LogP contribution in [0.25, 0.3) is 55.3 Å². The molecule has 0 heterocycles. The molecule has 294 valence electrons. The van der Waals surface area contributed by atoms with Gasteiger partial charge in [0.15, 0.2) is 0 Å². The minimum Gasteiger partial charge on any atom is -0.309 e. The quantitative estimate of drug-likeness (QED) is 0.156. The summed E-state index contributed by atoms with van der Waals surface area (Å²) in [5.41, 5.74) is 17.0. The molecule has 1 nitrogen and oxygen atoms in total. The molecule has 0 saturated heterocycles. The van der Waals surface area contributed by atoms with Crippen molar-refractivity contribution >= 4 is 27.8 Å². The number of hydrogen-bond acceptors (Lipinski definition) is 1. The Morgan fingerprint density at radius 1 is 0.305 bits per heavy atom. The molecule has 8 rings (SSSR count). The predicted molar refractivity (Wildman–Crippen MR) is 256 cm³/mol. The van der Waals surface area contributed by atoms with E-state index in [4.69, 9.17) is 0 Å². The number of nitrogens with zero attached hydrogens (tertiary/aromatic N) is 1. The molecule has 0 amide bonds. The lowest BCUT2D eigenvalue weighted by atomic mass is 9.78. The van der Waals surface area contributed by atoms with Crippen LogP contribution in [0.4, 0.5) is 17.1 Å². The summed E-state index contributed by atoms with van der Waals surface area (Å²) in [5, 5.41) is 2.49. The summed E-state index contributed by atoms with van der Waals surface area (Å²) in [7, 11) is 0. The van der Waals surface area contributed by atoms with Crippen LogP contribution in [-0.2, 0) is 16.2 Å². The molecular weight excluding hydrogens is 711 g/mol. The van der Waals surface area contributed by atoms with E-state index in [1.165, 1.54) is 72.0 Å². The van der Waals surface area contributed by atoms with Crippen LogP contribution >= 0.6 is 0 Å². The third-order valence-electron chi connectivity index (χ3n) is 11.7. The maximum absolute atomic E-state index is 2.50. The molecular formula is C58H57N. The second kappa shape index (κ2) is 15.5. The normalized spacial score (nSPS) is 12.2. The van der Waals surface area contributed by atoms with Gasteiger partial charge in [-0.15, -0.1) is 0 Å². The van der Waals surface area contributed by atoms with Gasteiger partial charge in [-0.2, -0.15) is 0 Å². The van der Waals surface area contributed by atoms with Crippen molar-refractivity contribution in [1.82, 2.24) is 0 Å². The van der Waals surface area contributed by atoms with Crippen molar-refractivity contribution < 1.29 is 0 Å². The smallest absolute Gasteiger partial charge is 0.0543 e. The number of benzene rings is 8. The number of anilines is 3. The van der Waals surface area contributed by atoms with Gasteiger partial charge in [0, 0.05) is 16.8 Å². The minimum absolute atomic E-state index is 0.00460. The summed E-state index contributed by atoms with van der Waals surface area (Å²) in [5.74, 6) is 0. The average Bonchev–Trinajstić information content (AvgIpc) is 3.23. The first-order chi connectivity index (χ1) is 28.2. The van der Waals surface area contributed by atoms with Crippen LogP contribution in [-0.4, -0.2) is 0 Å². The Bertz CT molecular complexity index is 2700. The molecule has 59 heavy (non-hydrogen) atoms. The Morgan fingerprint density at radius 2 is 0.814 bits per heavy atom. The van der Waals surface area contributed by atoms with Gasteiger partial charge in [0.1, 0.15) is 0 Å². The van der Waals surface area contributed by atoms with Gasteiger partial charge in [-0.3, -0.25) is 0 Å². The highest BCUT2D eigenvalue weighted by Crippen LogP contribution is 2.48. The van der Waals surface area contributed by atoms with Gasteiger partial charge in [-0.05, 0) is 101 Å². The topological polar surface area (TPSA) is 3.24 Å². The summed E-state index contributed by atoms with van der Waals surface area (Å²) < 4.78 is 0. The zero-order valence-electron chi connectivity index (χ0n) is 36.3. The van der Waals surface area contributed by atoms with E-state index in [1.807, 2.05) is 0 Å². The first kappa shape index (κ1) is 39.6. The Morgan fingerprint density at radius 3 is 1.41 bits per heavy atom. The lowest BCUT2D eigenvalue weighted by Gasteiger charge is -2.32. The molecule has 0 saturated carbocycles. The van der Waals surface area contributed by atoms with Gasteiger partial charge in [0.25, 0.3) is 0 Å². The van der Waals surface area contributed by atoms with Crippen molar-refractivity contribution in [3.63, 3.8) is 0 Å². The van der Waals surface area contributed by atoms with E-state index in [-0.39, 0.29) is 16.2 Å². The van der Waals surface area contributed by atoms with Crippen molar-refractivity contribution in [2.45, 2.75) is 78.6 Å². The lowest BCUT2D eigenvalue weighted by Crippen LogP contribution is -2.16. The Hall–Kier alpha value is -6.18. The number of para-hydroxylation sites is 1. The third kappa shape index (κ3) is 8.12. The lowest BCUT2D eigenvalue weighted by molar-refractivity contribution is 0.569. The highest BCUT2D eigenvalue weighted by molar-refractivity contribution is 6.09.